The van der Waals surface area contributed by atoms with E-state index in [0.717, 1.165) is 38.0 Å². The Hall–Kier alpha value is -0.190. The first-order chi connectivity index (χ1) is 7.81. The third-order valence-corrected chi connectivity index (χ3v) is 2.81. The summed E-state index contributed by atoms with van der Waals surface area (Å²) in [5, 5.41) is 9.63. The van der Waals surface area contributed by atoms with Gasteiger partial charge in [0.15, 0.2) is 0 Å². The van der Waals surface area contributed by atoms with Crippen molar-refractivity contribution in [2.45, 2.75) is 70.8 Å². The van der Waals surface area contributed by atoms with Crippen molar-refractivity contribution < 1.29 is 5.11 Å². The van der Waals surface area contributed by atoms with Gasteiger partial charge in [0, 0.05) is 18.7 Å². The quantitative estimate of drug-likeness (QED) is 0.368. The fourth-order valence-electron chi connectivity index (χ4n) is 1.50. The van der Waals surface area contributed by atoms with Crippen molar-refractivity contribution in [3.63, 3.8) is 0 Å². The molecule has 0 amide bonds. The van der Waals surface area contributed by atoms with Crippen molar-refractivity contribution in [3.05, 3.63) is 0 Å². The number of unbranched alkanes of at least 4 members (excludes halogenated alkanes) is 5. The first-order valence-electron chi connectivity index (χ1n) is 6.51. The Bertz CT molecular complexity index is 193. The number of hydrogen-bond acceptors (Lipinski definition) is 1. The van der Waals surface area contributed by atoms with Crippen LogP contribution in [0, 0.1) is 11.8 Å². The minimum atomic E-state index is -0.225. The Morgan fingerprint density at radius 1 is 1.06 bits per heavy atom. The summed E-state index contributed by atoms with van der Waals surface area (Å²) >= 11 is 5.56. The van der Waals surface area contributed by atoms with E-state index >= 15 is 0 Å². The summed E-state index contributed by atoms with van der Waals surface area (Å²) in [6, 6.07) is 0. The standard InChI is InChI=1S/C14H25ClO/c1-2-3-4-8-11-14(16)12-9-6-5-7-10-13-15/h14,16H,2-5,7-8,10-13H2,1H3. The molecular formula is C14H25ClO. The van der Waals surface area contributed by atoms with E-state index in [9.17, 15) is 5.11 Å². The highest BCUT2D eigenvalue weighted by molar-refractivity contribution is 6.17. The molecule has 0 aromatic carbocycles. The molecule has 1 atom stereocenters. The van der Waals surface area contributed by atoms with E-state index in [4.69, 9.17) is 11.6 Å². The fraction of sp³-hybridized carbons (Fsp3) is 0.857. The molecular weight excluding hydrogens is 220 g/mol. The van der Waals surface area contributed by atoms with Crippen molar-refractivity contribution in [1.29, 1.82) is 0 Å². The monoisotopic (exact) mass is 244 g/mol. The predicted molar refractivity (Wildman–Crippen MR) is 71.7 cm³/mol. The van der Waals surface area contributed by atoms with Gasteiger partial charge in [-0.05, 0) is 19.3 Å². The minimum absolute atomic E-state index is 0.225. The van der Waals surface area contributed by atoms with Crippen LogP contribution in [-0.4, -0.2) is 17.1 Å². The van der Waals surface area contributed by atoms with Crippen LogP contribution in [-0.2, 0) is 0 Å². The predicted octanol–water partition coefficient (Wildman–Crippen LogP) is 4.12. The number of hydrogen-bond donors (Lipinski definition) is 1. The maximum Gasteiger partial charge on any atom is 0.0649 e. The zero-order valence-corrected chi connectivity index (χ0v) is 11.2. The van der Waals surface area contributed by atoms with E-state index < -0.39 is 0 Å². The first-order valence-corrected chi connectivity index (χ1v) is 7.04. The second-order valence-electron chi connectivity index (χ2n) is 4.21. The van der Waals surface area contributed by atoms with Gasteiger partial charge in [0.2, 0.25) is 0 Å². The third kappa shape index (κ3) is 11.9. The van der Waals surface area contributed by atoms with Gasteiger partial charge in [-0.15, -0.1) is 23.4 Å². The van der Waals surface area contributed by atoms with E-state index in [0.29, 0.717) is 6.42 Å². The molecule has 0 aromatic heterocycles. The van der Waals surface area contributed by atoms with Gasteiger partial charge in [0.1, 0.15) is 0 Å². The lowest BCUT2D eigenvalue weighted by atomic mass is 10.1. The van der Waals surface area contributed by atoms with Crippen LogP contribution in [0.4, 0.5) is 0 Å². The van der Waals surface area contributed by atoms with Crippen molar-refractivity contribution in [2.75, 3.05) is 5.88 Å². The zero-order valence-electron chi connectivity index (χ0n) is 10.5. The molecule has 0 aliphatic heterocycles. The van der Waals surface area contributed by atoms with Crippen LogP contribution in [0.15, 0.2) is 0 Å². The average Bonchev–Trinajstić information content (AvgIpc) is 2.29. The first kappa shape index (κ1) is 15.8. The van der Waals surface area contributed by atoms with Crippen LogP contribution in [0.1, 0.15) is 64.7 Å². The normalized spacial score (nSPS) is 11.9. The number of alkyl halides is 1. The molecule has 0 spiro atoms. The highest BCUT2D eigenvalue weighted by atomic mass is 35.5. The van der Waals surface area contributed by atoms with Crippen molar-refractivity contribution >= 4 is 11.6 Å². The zero-order chi connectivity index (χ0) is 12.1. The smallest absolute Gasteiger partial charge is 0.0649 e. The van der Waals surface area contributed by atoms with Crippen LogP contribution in [0.5, 0.6) is 0 Å². The molecule has 0 bridgehead atoms. The van der Waals surface area contributed by atoms with Gasteiger partial charge >= 0.3 is 0 Å². The van der Waals surface area contributed by atoms with Gasteiger partial charge < -0.3 is 5.11 Å². The summed E-state index contributed by atoms with van der Waals surface area (Å²) < 4.78 is 0. The number of halogens is 1. The summed E-state index contributed by atoms with van der Waals surface area (Å²) in [5.41, 5.74) is 0. The molecule has 0 fully saturated rings. The molecule has 0 aliphatic carbocycles. The maximum atomic E-state index is 9.63. The Kier molecular flexibility index (Phi) is 12.7. The Balaban J connectivity index is 3.30. The highest BCUT2D eigenvalue weighted by Gasteiger charge is 2.00. The second-order valence-corrected chi connectivity index (χ2v) is 4.58. The third-order valence-electron chi connectivity index (χ3n) is 2.54. The summed E-state index contributed by atoms with van der Waals surface area (Å²) in [7, 11) is 0. The van der Waals surface area contributed by atoms with Crippen molar-refractivity contribution in [1.82, 2.24) is 0 Å². The maximum absolute atomic E-state index is 9.63. The average molecular weight is 245 g/mol. The van der Waals surface area contributed by atoms with Gasteiger partial charge in [-0.25, -0.2) is 0 Å². The Morgan fingerprint density at radius 3 is 2.56 bits per heavy atom. The highest BCUT2D eigenvalue weighted by Crippen LogP contribution is 2.07. The SMILES string of the molecule is CCCCCCC(O)CC#CCCCCCl. The molecule has 0 rings (SSSR count). The molecule has 0 saturated heterocycles. The van der Waals surface area contributed by atoms with E-state index in [2.05, 4.69) is 18.8 Å². The lowest BCUT2D eigenvalue weighted by molar-refractivity contribution is 0.166. The van der Waals surface area contributed by atoms with Gasteiger partial charge in [0.05, 0.1) is 6.10 Å². The molecule has 1 nitrogen and oxygen atoms in total. The van der Waals surface area contributed by atoms with Gasteiger partial charge in [-0.3, -0.25) is 0 Å². The van der Waals surface area contributed by atoms with E-state index in [1.165, 1.54) is 19.3 Å². The molecule has 0 radical (unpaired) electrons. The molecule has 0 saturated carbocycles. The number of aliphatic hydroxyl groups is 1. The summed E-state index contributed by atoms with van der Waals surface area (Å²) in [4.78, 5) is 0. The van der Waals surface area contributed by atoms with Crippen molar-refractivity contribution in [3.8, 4) is 11.8 Å². The Labute approximate surface area is 106 Å². The molecule has 1 unspecified atom stereocenters. The van der Waals surface area contributed by atoms with Gasteiger partial charge in [-0.2, -0.15) is 0 Å². The van der Waals surface area contributed by atoms with E-state index in [1.54, 1.807) is 0 Å². The van der Waals surface area contributed by atoms with Crippen LogP contribution >= 0.6 is 11.6 Å². The van der Waals surface area contributed by atoms with E-state index in [-0.39, 0.29) is 6.10 Å². The topological polar surface area (TPSA) is 20.2 Å². The number of aliphatic hydroxyl groups excluding tert-OH is 1. The van der Waals surface area contributed by atoms with Gasteiger partial charge in [0.25, 0.3) is 0 Å². The van der Waals surface area contributed by atoms with Crippen LogP contribution in [0.3, 0.4) is 0 Å². The second kappa shape index (κ2) is 12.9. The summed E-state index contributed by atoms with van der Waals surface area (Å²) in [6.45, 7) is 2.20. The molecule has 0 heterocycles. The van der Waals surface area contributed by atoms with E-state index in [1.807, 2.05) is 0 Å². The summed E-state index contributed by atoms with van der Waals surface area (Å²) in [6.07, 6.45) is 9.21. The minimum Gasteiger partial charge on any atom is -0.392 e. The molecule has 16 heavy (non-hydrogen) atoms. The number of rotatable bonds is 9. The molecule has 0 aliphatic rings. The van der Waals surface area contributed by atoms with Gasteiger partial charge in [-0.1, -0.05) is 32.6 Å². The Morgan fingerprint density at radius 2 is 1.88 bits per heavy atom. The fourth-order valence-corrected chi connectivity index (χ4v) is 1.68. The summed E-state index contributed by atoms with van der Waals surface area (Å²) in [5.74, 6) is 6.85. The molecule has 2 heteroatoms. The molecule has 1 N–H and O–H groups in total. The van der Waals surface area contributed by atoms with Crippen molar-refractivity contribution in [2.24, 2.45) is 0 Å². The lowest BCUT2D eigenvalue weighted by Crippen LogP contribution is -2.04. The van der Waals surface area contributed by atoms with Crippen LogP contribution in [0.25, 0.3) is 0 Å². The van der Waals surface area contributed by atoms with Crippen LogP contribution < -0.4 is 0 Å². The molecule has 0 aromatic rings. The molecule has 94 valence electrons. The lowest BCUT2D eigenvalue weighted by Gasteiger charge is -2.05. The largest absolute Gasteiger partial charge is 0.392 e. The van der Waals surface area contributed by atoms with Crippen LogP contribution in [0.2, 0.25) is 0 Å².